The van der Waals surface area contributed by atoms with Gasteiger partial charge in [-0.3, -0.25) is 4.68 Å². The van der Waals surface area contributed by atoms with Crippen molar-refractivity contribution < 1.29 is 4.74 Å². The summed E-state index contributed by atoms with van der Waals surface area (Å²) in [4.78, 5) is 0. The molecule has 0 aromatic carbocycles. The van der Waals surface area contributed by atoms with Crippen LogP contribution >= 0.6 is 0 Å². The minimum absolute atomic E-state index is 0.247. The van der Waals surface area contributed by atoms with Gasteiger partial charge in [0.15, 0.2) is 0 Å². The van der Waals surface area contributed by atoms with E-state index in [1.165, 1.54) is 5.56 Å². The summed E-state index contributed by atoms with van der Waals surface area (Å²) in [7, 11) is 1.95. The average molecular weight is 211 g/mol. The normalized spacial score (nSPS) is 13.0. The minimum Gasteiger partial charge on any atom is -0.379 e. The van der Waals surface area contributed by atoms with E-state index in [4.69, 9.17) is 4.74 Å². The SMILES string of the molecule is CCCOCC(NC)c1cnn(CC)c1. The molecule has 0 spiro atoms. The van der Waals surface area contributed by atoms with Gasteiger partial charge < -0.3 is 10.1 Å². The Bertz CT molecular complexity index is 273. The Balaban J connectivity index is 2.49. The lowest BCUT2D eigenvalue weighted by atomic mass is 10.2. The summed E-state index contributed by atoms with van der Waals surface area (Å²) >= 11 is 0. The molecular formula is C11H21N3O. The Labute approximate surface area is 91.6 Å². The highest BCUT2D eigenvalue weighted by Crippen LogP contribution is 2.11. The van der Waals surface area contributed by atoms with Gasteiger partial charge in [0.1, 0.15) is 0 Å². The number of nitrogens with zero attached hydrogens (tertiary/aromatic N) is 2. The van der Waals surface area contributed by atoms with Crippen LogP contribution in [-0.4, -0.2) is 30.0 Å². The van der Waals surface area contributed by atoms with Gasteiger partial charge in [-0.1, -0.05) is 6.92 Å². The van der Waals surface area contributed by atoms with E-state index in [-0.39, 0.29) is 6.04 Å². The molecule has 0 saturated carbocycles. The van der Waals surface area contributed by atoms with Crippen LogP contribution in [0, 0.1) is 0 Å². The van der Waals surface area contributed by atoms with Gasteiger partial charge in [0.25, 0.3) is 0 Å². The van der Waals surface area contributed by atoms with Gasteiger partial charge in [-0.2, -0.15) is 5.10 Å². The second kappa shape index (κ2) is 6.58. The van der Waals surface area contributed by atoms with E-state index < -0.39 is 0 Å². The maximum absolute atomic E-state index is 5.53. The molecule has 4 nitrogen and oxygen atoms in total. The molecule has 1 unspecified atom stereocenters. The van der Waals surface area contributed by atoms with E-state index in [1.807, 2.05) is 17.9 Å². The molecular weight excluding hydrogens is 190 g/mol. The van der Waals surface area contributed by atoms with Crippen molar-refractivity contribution in [2.75, 3.05) is 20.3 Å². The van der Waals surface area contributed by atoms with Crippen molar-refractivity contribution in [1.29, 1.82) is 0 Å². The molecule has 1 heterocycles. The number of ether oxygens (including phenoxy) is 1. The third-order valence-corrected chi connectivity index (χ3v) is 2.36. The Morgan fingerprint density at radius 2 is 2.33 bits per heavy atom. The Hall–Kier alpha value is -0.870. The van der Waals surface area contributed by atoms with E-state index >= 15 is 0 Å². The van der Waals surface area contributed by atoms with Crippen LogP contribution in [0.3, 0.4) is 0 Å². The molecule has 1 N–H and O–H groups in total. The molecule has 1 aromatic heterocycles. The second-order valence-corrected chi connectivity index (χ2v) is 3.55. The fourth-order valence-electron chi connectivity index (χ4n) is 1.42. The molecule has 0 aliphatic rings. The van der Waals surface area contributed by atoms with E-state index in [0.717, 1.165) is 19.6 Å². The van der Waals surface area contributed by atoms with Crippen molar-refractivity contribution in [2.45, 2.75) is 32.9 Å². The first-order valence-corrected chi connectivity index (χ1v) is 5.59. The van der Waals surface area contributed by atoms with Crippen LogP contribution in [0.2, 0.25) is 0 Å². The van der Waals surface area contributed by atoms with Gasteiger partial charge >= 0.3 is 0 Å². The first kappa shape index (κ1) is 12.2. The smallest absolute Gasteiger partial charge is 0.0662 e. The first-order valence-electron chi connectivity index (χ1n) is 5.59. The molecule has 86 valence electrons. The minimum atomic E-state index is 0.247. The molecule has 0 radical (unpaired) electrons. The van der Waals surface area contributed by atoms with Crippen molar-refractivity contribution in [3.05, 3.63) is 18.0 Å². The van der Waals surface area contributed by atoms with Crippen LogP contribution < -0.4 is 5.32 Å². The molecule has 1 aromatic rings. The predicted molar refractivity (Wildman–Crippen MR) is 60.8 cm³/mol. The highest BCUT2D eigenvalue weighted by molar-refractivity contribution is 5.10. The molecule has 0 aliphatic heterocycles. The summed E-state index contributed by atoms with van der Waals surface area (Å²) in [6.07, 6.45) is 5.03. The van der Waals surface area contributed by atoms with E-state index in [9.17, 15) is 0 Å². The van der Waals surface area contributed by atoms with Crippen molar-refractivity contribution in [3.8, 4) is 0 Å². The van der Waals surface area contributed by atoms with E-state index in [1.54, 1.807) is 0 Å². The molecule has 0 saturated heterocycles. The topological polar surface area (TPSA) is 39.1 Å². The van der Waals surface area contributed by atoms with Gasteiger partial charge in [-0.15, -0.1) is 0 Å². The summed E-state index contributed by atoms with van der Waals surface area (Å²) < 4.78 is 7.46. The highest BCUT2D eigenvalue weighted by atomic mass is 16.5. The number of rotatable bonds is 7. The quantitative estimate of drug-likeness (QED) is 0.696. The fourth-order valence-corrected chi connectivity index (χ4v) is 1.42. The Morgan fingerprint density at radius 1 is 1.53 bits per heavy atom. The van der Waals surface area contributed by atoms with Gasteiger partial charge in [0.05, 0.1) is 18.8 Å². The Kier molecular flexibility index (Phi) is 5.36. The zero-order valence-corrected chi connectivity index (χ0v) is 9.86. The molecule has 1 rings (SSSR count). The summed E-state index contributed by atoms with van der Waals surface area (Å²) in [6, 6.07) is 0.247. The predicted octanol–water partition coefficient (Wildman–Crippen LogP) is 1.59. The van der Waals surface area contributed by atoms with Crippen LogP contribution in [0.15, 0.2) is 12.4 Å². The fraction of sp³-hybridized carbons (Fsp3) is 0.727. The van der Waals surface area contributed by atoms with Crippen LogP contribution in [0.4, 0.5) is 0 Å². The number of aromatic nitrogens is 2. The zero-order chi connectivity index (χ0) is 11.1. The third kappa shape index (κ3) is 3.64. The zero-order valence-electron chi connectivity index (χ0n) is 9.86. The van der Waals surface area contributed by atoms with Gasteiger partial charge in [-0.05, 0) is 20.4 Å². The van der Waals surface area contributed by atoms with Crippen LogP contribution in [0.5, 0.6) is 0 Å². The monoisotopic (exact) mass is 211 g/mol. The highest BCUT2D eigenvalue weighted by Gasteiger charge is 2.10. The van der Waals surface area contributed by atoms with Gasteiger partial charge in [-0.25, -0.2) is 0 Å². The molecule has 0 amide bonds. The van der Waals surface area contributed by atoms with Crippen molar-refractivity contribution >= 4 is 0 Å². The number of hydrogen-bond acceptors (Lipinski definition) is 3. The van der Waals surface area contributed by atoms with Gasteiger partial charge in [0.2, 0.25) is 0 Å². The standard InChI is InChI=1S/C11H21N3O/c1-4-6-15-9-11(12-3)10-7-13-14(5-2)8-10/h7-8,11-12H,4-6,9H2,1-3H3. The molecule has 4 heteroatoms. The lowest BCUT2D eigenvalue weighted by Crippen LogP contribution is -2.21. The summed E-state index contributed by atoms with van der Waals surface area (Å²) in [5.41, 5.74) is 1.19. The largest absolute Gasteiger partial charge is 0.379 e. The molecule has 0 bridgehead atoms. The van der Waals surface area contributed by atoms with Crippen LogP contribution in [0.1, 0.15) is 31.9 Å². The van der Waals surface area contributed by atoms with Crippen LogP contribution in [-0.2, 0) is 11.3 Å². The molecule has 1 atom stereocenters. The number of hydrogen-bond donors (Lipinski definition) is 1. The van der Waals surface area contributed by atoms with Crippen molar-refractivity contribution in [1.82, 2.24) is 15.1 Å². The average Bonchev–Trinajstić information content (AvgIpc) is 2.73. The maximum atomic E-state index is 5.53. The Morgan fingerprint density at radius 3 is 2.87 bits per heavy atom. The number of likely N-dealkylation sites (N-methyl/N-ethyl adjacent to an activating group) is 1. The van der Waals surface area contributed by atoms with E-state index in [2.05, 4.69) is 30.5 Å². The van der Waals surface area contributed by atoms with Crippen LogP contribution in [0.25, 0.3) is 0 Å². The maximum Gasteiger partial charge on any atom is 0.0662 e. The van der Waals surface area contributed by atoms with Gasteiger partial charge in [0, 0.05) is 24.9 Å². The number of aryl methyl sites for hydroxylation is 1. The van der Waals surface area contributed by atoms with Crippen molar-refractivity contribution in [3.63, 3.8) is 0 Å². The molecule has 0 fully saturated rings. The molecule has 15 heavy (non-hydrogen) atoms. The lowest BCUT2D eigenvalue weighted by Gasteiger charge is -2.14. The summed E-state index contributed by atoms with van der Waals surface area (Å²) in [6.45, 7) is 6.63. The second-order valence-electron chi connectivity index (χ2n) is 3.55. The molecule has 0 aliphatic carbocycles. The lowest BCUT2D eigenvalue weighted by molar-refractivity contribution is 0.114. The summed E-state index contributed by atoms with van der Waals surface area (Å²) in [5.74, 6) is 0. The first-order chi connectivity index (χ1) is 7.31. The van der Waals surface area contributed by atoms with E-state index in [0.29, 0.717) is 6.61 Å². The summed E-state index contributed by atoms with van der Waals surface area (Å²) in [5, 5.41) is 7.49. The number of nitrogens with one attached hydrogen (secondary N) is 1. The third-order valence-electron chi connectivity index (χ3n) is 2.36. The van der Waals surface area contributed by atoms with Crippen molar-refractivity contribution in [2.24, 2.45) is 0 Å².